The molecular weight excluding hydrogens is 346 g/mol. The number of nitrogens with zero attached hydrogens (tertiary/aromatic N) is 1. The Morgan fingerprint density at radius 1 is 1.33 bits per heavy atom. The average molecular weight is 367 g/mol. The Balaban J connectivity index is 1.85. The minimum Gasteiger partial charge on any atom is -0.481 e. The van der Waals surface area contributed by atoms with E-state index in [9.17, 15) is 18.3 Å². The maximum absolute atomic E-state index is 12.7. The number of sulfonamides is 1. The lowest BCUT2D eigenvalue weighted by molar-refractivity contribution is -0.142. The summed E-state index contributed by atoms with van der Waals surface area (Å²) in [5, 5.41) is 10.5. The second-order valence-electron chi connectivity index (χ2n) is 6.55. The molecule has 0 fully saturated rings. The van der Waals surface area contributed by atoms with Crippen molar-refractivity contribution >= 4 is 37.4 Å². The van der Waals surface area contributed by atoms with Gasteiger partial charge in [0.1, 0.15) is 0 Å². The van der Waals surface area contributed by atoms with Crippen LogP contribution in [-0.4, -0.2) is 36.1 Å². The molecule has 1 atom stereocenters. The third-order valence-corrected chi connectivity index (χ3v) is 7.70. The number of fused-ring (bicyclic) bond motifs is 3. The molecule has 0 spiro atoms. The number of hydrogen-bond donors (Lipinski definition) is 1. The van der Waals surface area contributed by atoms with Crippen molar-refractivity contribution in [2.45, 2.75) is 26.8 Å². The first-order chi connectivity index (χ1) is 11.3. The van der Waals surface area contributed by atoms with Crippen LogP contribution in [-0.2, 0) is 27.8 Å². The molecule has 0 unspecified atom stereocenters. The summed E-state index contributed by atoms with van der Waals surface area (Å²) in [6.07, 6.45) is 0.679. The molecule has 3 rings (SSSR count). The second-order valence-corrected chi connectivity index (χ2v) is 9.70. The first-order valence-corrected chi connectivity index (χ1v) is 10.4. The zero-order valence-electron chi connectivity index (χ0n) is 13.7. The molecular formula is C17H21NO4S2. The minimum atomic E-state index is -3.59. The van der Waals surface area contributed by atoms with E-state index in [4.69, 9.17) is 0 Å². The van der Waals surface area contributed by atoms with Gasteiger partial charge in [0.2, 0.25) is 10.0 Å². The van der Waals surface area contributed by atoms with Crippen molar-refractivity contribution in [2.24, 2.45) is 11.8 Å². The van der Waals surface area contributed by atoms with Crippen LogP contribution in [0.15, 0.2) is 24.3 Å². The fourth-order valence-electron chi connectivity index (χ4n) is 3.15. The van der Waals surface area contributed by atoms with Crippen molar-refractivity contribution in [2.75, 3.05) is 12.3 Å². The Kier molecular flexibility index (Phi) is 4.68. The van der Waals surface area contributed by atoms with Gasteiger partial charge in [0.05, 0.1) is 11.7 Å². The van der Waals surface area contributed by atoms with E-state index in [1.165, 1.54) is 20.0 Å². The van der Waals surface area contributed by atoms with Gasteiger partial charge < -0.3 is 5.11 Å². The summed E-state index contributed by atoms with van der Waals surface area (Å²) in [6.45, 7) is 4.26. The molecule has 5 nitrogen and oxygen atoms in total. The number of rotatable bonds is 5. The van der Waals surface area contributed by atoms with Crippen molar-refractivity contribution in [1.82, 2.24) is 4.31 Å². The van der Waals surface area contributed by atoms with Crippen molar-refractivity contribution in [1.29, 1.82) is 0 Å². The normalized spacial score (nSPS) is 17.1. The lowest BCUT2D eigenvalue weighted by atomic mass is 9.98. The number of carboxylic acids is 1. The molecule has 0 aliphatic carbocycles. The highest BCUT2D eigenvalue weighted by molar-refractivity contribution is 7.89. The third kappa shape index (κ3) is 3.20. The van der Waals surface area contributed by atoms with Gasteiger partial charge in [-0.25, -0.2) is 8.42 Å². The lowest BCUT2D eigenvalue weighted by Gasteiger charge is -2.28. The predicted molar refractivity (Wildman–Crippen MR) is 95.7 cm³/mol. The Morgan fingerprint density at radius 3 is 2.71 bits per heavy atom. The molecule has 1 aliphatic rings. The molecule has 1 aliphatic heterocycles. The number of aliphatic carboxylic acids is 1. The molecule has 24 heavy (non-hydrogen) atoms. The fourth-order valence-corrected chi connectivity index (χ4v) is 6.38. The molecule has 0 bridgehead atoms. The highest BCUT2D eigenvalue weighted by atomic mass is 32.2. The van der Waals surface area contributed by atoms with Gasteiger partial charge in [0, 0.05) is 22.7 Å². The van der Waals surface area contributed by atoms with E-state index in [0.29, 0.717) is 19.5 Å². The Hall–Kier alpha value is -1.44. The molecule has 0 amide bonds. The first-order valence-electron chi connectivity index (χ1n) is 7.99. The molecule has 1 N–H and O–H groups in total. The van der Waals surface area contributed by atoms with Crippen LogP contribution in [0.25, 0.3) is 10.1 Å². The van der Waals surface area contributed by atoms with Gasteiger partial charge in [-0.1, -0.05) is 32.0 Å². The van der Waals surface area contributed by atoms with E-state index in [0.717, 1.165) is 4.88 Å². The molecule has 2 aromatic rings. The molecule has 0 saturated carbocycles. The Bertz CT molecular complexity index is 870. The zero-order valence-corrected chi connectivity index (χ0v) is 15.4. The van der Waals surface area contributed by atoms with Crippen LogP contribution >= 0.6 is 11.3 Å². The highest BCUT2D eigenvalue weighted by Gasteiger charge is 2.34. The first kappa shape index (κ1) is 17.4. The average Bonchev–Trinajstić information content (AvgIpc) is 2.89. The van der Waals surface area contributed by atoms with Gasteiger partial charge in [0.25, 0.3) is 0 Å². The molecule has 1 aromatic heterocycles. The van der Waals surface area contributed by atoms with Crippen LogP contribution in [0, 0.1) is 11.8 Å². The van der Waals surface area contributed by atoms with Crippen LogP contribution in [0.2, 0.25) is 0 Å². The van der Waals surface area contributed by atoms with Crippen molar-refractivity contribution in [3.63, 3.8) is 0 Å². The summed E-state index contributed by atoms with van der Waals surface area (Å²) in [6, 6.07) is 8.11. The van der Waals surface area contributed by atoms with Crippen LogP contribution in [0.4, 0.5) is 0 Å². The number of thiophene rings is 1. The topological polar surface area (TPSA) is 74.7 Å². The summed E-state index contributed by atoms with van der Waals surface area (Å²) in [5.41, 5.74) is 1.24. The van der Waals surface area contributed by atoms with Crippen LogP contribution in [0.3, 0.4) is 0 Å². The molecule has 7 heteroatoms. The zero-order chi connectivity index (χ0) is 17.5. The molecule has 0 radical (unpaired) electrons. The summed E-state index contributed by atoms with van der Waals surface area (Å²) >= 11 is 1.63. The van der Waals surface area contributed by atoms with Crippen molar-refractivity contribution in [3.05, 3.63) is 34.7 Å². The maximum Gasteiger partial charge on any atom is 0.307 e. The summed E-state index contributed by atoms with van der Waals surface area (Å²) < 4.78 is 28.0. The lowest BCUT2D eigenvalue weighted by Crippen LogP contribution is -2.40. The van der Waals surface area contributed by atoms with Gasteiger partial charge in [-0.3, -0.25) is 4.79 Å². The van der Waals surface area contributed by atoms with Crippen molar-refractivity contribution in [3.8, 4) is 0 Å². The largest absolute Gasteiger partial charge is 0.481 e. The third-order valence-electron chi connectivity index (χ3n) is 4.62. The van der Waals surface area contributed by atoms with Gasteiger partial charge >= 0.3 is 5.97 Å². The Morgan fingerprint density at radius 2 is 2.04 bits per heavy atom. The highest BCUT2D eigenvalue weighted by Crippen LogP contribution is 2.36. The SMILES string of the molecule is CC(C)[C@@H](CS(=O)(=O)N1CCc2c(sc3ccccc23)C1)C(=O)O. The molecule has 130 valence electrons. The van der Waals surface area contributed by atoms with Gasteiger partial charge in [0.15, 0.2) is 0 Å². The van der Waals surface area contributed by atoms with Gasteiger partial charge in [-0.15, -0.1) is 11.3 Å². The van der Waals surface area contributed by atoms with Gasteiger partial charge in [-0.2, -0.15) is 4.31 Å². The maximum atomic E-state index is 12.7. The molecule has 2 heterocycles. The monoisotopic (exact) mass is 367 g/mol. The van der Waals surface area contributed by atoms with E-state index in [2.05, 4.69) is 12.1 Å². The van der Waals surface area contributed by atoms with Crippen molar-refractivity contribution < 1.29 is 18.3 Å². The van der Waals surface area contributed by atoms with E-state index in [1.807, 2.05) is 12.1 Å². The molecule has 0 saturated heterocycles. The van der Waals surface area contributed by atoms with E-state index < -0.39 is 21.9 Å². The minimum absolute atomic E-state index is 0.220. The standard InChI is InChI=1S/C17H21NO4S2/c1-11(2)14(17(19)20)10-24(21,22)18-8-7-13-12-5-3-4-6-15(12)23-16(13)9-18/h3-6,11,14H,7-10H2,1-2H3,(H,19,20)/t14-/m1/s1. The number of carboxylic acid groups (broad SMARTS) is 1. The summed E-state index contributed by atoms with van der Waals surface area (Å²) in [5.74, 6) is -2.48. The molecule has 1 aromatic carbocycles. The smallest absolute Gasteiger partial charge is 0.307 e. The van der Waals surface area contributed by atoms with E-state index >= 15 is 0 Å². The van der Waals surface area contributed by atoms with Crippen LogP contribution in [0.1, 0.15) is 24.3 Å². The number of hydrogen-bond acceptors (Lipinski definition) is 4. The predicted octanol–water partition coefficient (Wildman–Crippen LogP) is 2.95. The van der Waals surface area contributed by atoms with Gasteiger partial charge in [-0.05, 0) is 29.4 Å². The quantitative estimate of drug-likeness (QED) is 0.882. The van der Waals surface area contributed by atoms with Crippen LogP contribution < -0.4 is 0 Å². The van der Waals surface area contributed by atoms with Crippen LogP contribution in [0.5, 0.6) is 0 Å². The van der Waals surface area contributed by atoms with E-state index in [-0.39, 0.29) is 11.7 Å². The Labute approximate surface area is 146 Å². The summed E-state index contributed by atoms with van der Waals surface area (Å²) in [4.78, 5) is 12.4. The number of carbonyl (C=O) groups is 1. The number of benzene rings is 1. The van der Waals surface area contributed by atoms with E-state index in [1.54, 1.807) is 25.2 Å². The second kappa shape index (κ2) is 6.46. The fraction of sp³-hybridized carbons (Fsp3) is 0.471. The summed E-state index contributed by atoms with van der Waals surface area (Å²) in [7, 11) is -3.59.